The second kappa shape index (κ2) is 5.65. The molecule has 0 atom stereocenters. The Morgan fingerprint density at radius 2 is 2.05 bits per heavy atom. The third-order valence-corrected chi connectivity index (χ3v) is 2.92. The third-order valence-electron chi connectivity index (χ3n) is 2.92. The maximum atomic E-state index is 5.95. The summed E-state index contributed by atoms with van der Waals surface area (Å²) in [7, 11) is 1.59. The number of nitrogen functional groups attached to an aromatic ring is 1. The molecular weight excluding hydrogens is 240 g/mol. The highest BCUT2D eigenvalue weighted by Gasteiger charge is 2.11. The van der Waals surface area contributed by atoms with Crippen LogP contribution in [-0.4, -0.2) is 22.1 Å². The van der Waals surface area contributed by atoms with Crippen molar-refractivity contribution < 1.29 is 4.74 Å². The van der Waals surface area contributed by atoms with Crippen LogP contribution in [-0.2, 0) is 6.42 Å². The average molecular weight is 258 g/mol. The van der Waals surface area contributed by atoms with E-state index in [1.807, 2.05) is 19.1 Å². The third kappa shape index (κ3) is 2.81. The predicted molar refractivity (Wildman–Crippen MR) is 75.0 cm³/mol. The number of ether oxygens (including phenoxy) is 1. The van der Waals surface area contributed by atoms with Gasteiger partial charge in [0.15, 0.2) is 0 Å². The smallest absolute Gasteiger partial charge is 0.212 e. The van der Waals surface area contributed by atoms with Crippen molar-refractivity contribution in [1.82, 2.24) is 15.0 Å². The predicted octanol–water partition coefficient (Wildman–Crippen LogP) is 2.39. The van der Waals surface area contributed by atoms with E-state index < -0.39 is 0 Å². The molecule has 2 rings (SSSR count). The van der Waals surface area contributed by atoms with Crippen molar-refractivity contribution in [2.24, 2.45) is 0 Å². The molecule has 19 heavy (non-hydrogen) atoms. The second-order valence-electron chi connectivity index (χ2n) is 4.34. The Balaban J connectivity index is 2.47. The molecule has 0 saturated carbocycles. The normalized spacial score (nSPS) is 10.5. The van der Waals surface area contributed by atoms with E-state index in [2.05, 4.69) is 21.9 Å². The van der Waals surface area contributed by atoms with Crippen LogP contribution in [0, 0.1) is 6.92 Å². The van der Waals surface area contributed by atoms with Crippen molar-refractivity contribution in [1.29, 1.82) is 0 Å². The summed E-state index contributed by atoms with van der Waals surface area (Å²) in [6, 6.07) is 3.74. The number of pyridine rings is 1. The maximum Gasteiger partial charge on any atom is 0.212 e. The Morgan fingerprint density at radius 1 is 1.26 bits per heavy atom. The monoisotopic (exact) mass is 258 g/mol. The van der Waals surface area contributed by atoms with Crippen LogP contribution >= 0.6 is 0 Å². The number of anilines is 1. The first-order chi connectivity index (χ1) is 9.15. The summed E-state index contributed by atoms with van der Waals surface area (Å²) < 4.78 is 5.05. The SMILES string of the molecule is CCCc1nc(N)c(C)c(-c2ccc(OC)nc2)n1. The molecule has 0 unspecified atom stereocenters. The van der Waals surface area contributed by atoms with Crippen molar-refractivity contribution in [3.8, 4) is 17.1 Å². The van der Waals surface area contributed by atoms with Crippen molar-refractivity contribution >= 4 is 5.82 Å². The van der Waals surface area contributed by atoms with Crippen molar-refractivity contribution in [3.05, 3.63) is 29.7 Å². The summed E-state index contributed by atoms with van der Waals surface area (Å²) in [6.45, 7) is 4.01. The van der Waals surface area contributed by atoms with Crippen LogP contribution < -0.4 is 10.5 Å². The van der Waals surface area contributed by atoms with E-state index in [0.717, 1.165) is 35.5 Å². The molecule has 0 aromatic carbocycles. The lowest BCUT2D eigenvalue weighted by Crippen LogP contribution is -2.05. The van der Waals surface area contributed by atoms with E-state index in [9.17, 15) is 0 Å². The van der Waals surface area contributed by atoms with Gasteiger partial charge in [-0.25, -0.2) is 15.0 Å². The Kier molecular flexibility index (Phi) is 3.94. The largest absolute Gasteiger partial charge is 0.481 e. The lowest BCUT2D eigenvalue weighted by atomic mass is 10.1. The van der Waals surface area contributed by atoms with E-state index in [1.54, 1.807) is 13.3 Å². The van der Waals surface area contributed by atoms with Crippen molar-refractivity contribution in [3.63, 3.8) is 0 Å². The van der Waals surface area contributed by atoms with Gasteiger partial charge in [0.05, 0.1) is 12.8 Å². The molecule has 2 aromatic rings. The summed E-state index contributed by atoms with van der Waals surface area (Å²) in [5, 5.41) is 0. The molecule has 5 heteroatoms. The molecule has 2 heterocycles. The van der Waals surface area contributed by atoms with Crippen molar-refractivity contribution in [2.45, 2.75) is 26.7 Å². The molecule has 100 valence electrons. The van der Waals surface area contributed by atoms with Gasteiger partial charge < -0.3 is 10.5 Å². The van der Waals surface area contributed by atoms with Crippen LogP contribution in [0.1, 0.15) is 24.7 Å². The van der Waals surface area contributed by atoms with E-state index in [1.165, 1.54) is 0 Å². The number of methoxy groups -OCH3 is 1. The Bertz CT molecular complexity index is 566. The lowest BCUT2D eigenvalue weighted by molar-refractivity contribution is 0.398. The molecular formula is C14H18N4O. The van der Waals surface area contributed by atoms with Crippen LogP contribution in [0.15, 0.2) is 18.3 Å². The number of hydrogen-bond donors (Lipinski definition) is 1. The van der Waals surface area contributed by atoms with Gasteiger partial charge in [-0.15, -0.1) is 0 Å². The van der Waals surface area contributed by atoms with E-state index in [0.29, 0.717) is 11.7 Å². The fourth-order valence-corrected chi connectivity index (χ4v) is 1.84. The minimum atomic E-state index is 0.532. The van der Waals surface area contributed by atoms with Crippen LogP contribution in [0.3, 0.4) is 0 Å². The molecule has 0 spiro atoms. The average Bonchev–Trinajstić information content (AvgIpc) is 2.43. The van der Waals surface area contributed by atoms with E-state index in [4.69, 9.17) is 10.5 Å². The van der Waals surface area contributed by atoms with E-state index in [-0.39, 0.29) is 0 Å². The zero-order valence-electron chi connectivity index (χ0n) is 11.5. The molecule has 0 aliphatic heterocycles. The molecule has 2 N–H and O–H groups in total. The Morgan fingerprint density at radius 3 is 2.63 bits per heavy atom. The van der Waals surface area contributed by atoms with E-state index >= 15 is 0 Å². The summed E-state index contributed by atoms with van der Waals surface area (Å²) in [4.78, 5) is 13.1. The number of nitrogens with two attached hydrogens (primary N) is 1. The first-order valence-electron chi connectivity index (χ1n) is 6.29. The van der Waals surface area contributed by atoms with Gasteiger partial charge in [0.2, 0.25) is 5.88 Å². The number of rotatable bonds is 4. The second-order valence-corrected chi connectivity index (χ2v) is 4.34. The molecule has 5 nitrogen and oxygen atoms in total. The van der Waals surface area contributed by atoms with Gasteiger partial charge in [-0.1, -0.05) is 6.92 Å². The molecule has 0 aliphatic carbocycles. The molecule has 0 saturated heterocycles. The van der Waals surface area contributed by atoms with Gasteiger partial charge in [-0.05, 0) is 19.4 Å². The van der Waals surface area contributed by atoms with Crippen LogP contribution in [0.2, 0.25) is 0 Å². The summed E-state index contributed by atoms with van der Waals surface area (Å²) in [5.41, 5.74) is 8.59. The van der Waals surface area contributed by atoms with Crippen molar-refractivity contribution in [2.75, 3.05) is 12.8 Å². The molecule has 0 amide bonds. The van der Waals surface area contributed by atoms with Gasteiger partial charge in [0.1, 0.15) is 11.6 Å². The minimum absolute atomic E-state index is 0.532. The number of aromatic nitrogens is 3. The first kappa shape index (κ1) is 13.3. The van der Waals surface area contributed by atoms with Gasteiger partial charge in [-0.2, -0.15) is 0 Å². The number of hydrogen-bond acceptors (Lipinski definition) is 5. The molecule has 0 fully saturated rings. The summed E-state index contributed by atoms with van der Waals surface area (Å²) in [5.74, 6) is 1.89. The topological polar surface area (TPSA) is 73.9 Å². The summed E-state index contributed by atoms with van der Waals surface area (Å²) >= 11 is 0. The zero-order chi connectivity index (χ0) is 13.8. The van der Waals surface area contributed by atoms with Crippen LogP contribution in [0.5, 0.6) is 5.88 Å². The van der Waals surface area contributed by atoms with Crippen LogP contribution in [0.25, 0.3) is 11.3 Å². The lowest BCUT2D eigenvalue weighted by Gasteiger charge is -2.10. The Hall–Kier alpha value is -2.17. The summed E-state index contributed by atoms with van der Waals surface area (Å²) in [6.07, 6.45) is 3.55. The standard InChI is InChI=1S/C14H18N4O/c1-4-5-11-17-13(9(2)14(15)18-11)10-6-7-12(19-3)16-8-10/h6-8H,4-5H2,1-3H3,(H2,15,17,18). The highest BCUT2D eigenvalue weighted by atomic mass is 16.5. The molecule has 0 bridgehead atoms. The molecule has 0 aliphatic rings. The highest BCUT2D eigenvalue weighted by Crippen LogP contribution is 2.25. The fourth-order valence-electron chi connectivity index (χ4n) is 1.84. The molecule has 2 aromatic heterocycles. The fraction of sp³-hybridized carbons (Fsp3) is 0.357. The molecule has 0 radical (unpaired) electrons. The number of nitrogens with zero attached hydrogens (tertiary/aromatic N) is 3. The van der Waals surface area contributed by atoms with Gasteiger partial charge in [0.25, 0.3) is 0 Å². The van der Waals surface area contributed by atoms with Gasteiger partial charge in [-0.3, -0.25) is 0 Å². The first-order valence-corrected chi connectivity index (χ1v) is 6.29. The highest BCUT2D eigenvalue weighted by molar-refractivity contribution is 5.66. The Labute approximate surface area is 112 Å². The minimum Gasteiger partial charge on any atom is -0.481 e. The quantitative estimate of drug-likeness (QED) is 0.911. The maximum absolute atomic E-state index is 5.95. The van der Waals surface area contributed by atoms with Gasteiger partial charge >= 0.3 is 0 Å². The van der Waals surface area contributed by atoms with Crippen LogP contribution in [0.4, 0.5) is 5.82 Å². The number of aryl methyl sites for hydroxylation is 1. The zero-order valence-corrected chi connectivity index (χ0v) is 11.5. The van der Waals surface area contributed by atoms with Gasteiger partial charge in [0, 0.05) is 29.8 Å².